The number of anilines is 4. The van der Waals surface area contributed by atoms with Crippen LogP contribution in [0.15, 0.2) is 59.2 Å². The maximum atomic E-state index is 5.33. The Morgan fingerprint density at radius 3 is 2.67 bits per heavy atom. The summed E-state index contributed by atoms with van der Waals surface area (Å²) >= 11 is 3.50. The second kappa shape index (κ2) is 7.31. The molecule has 0 spiro atoms. The van der Waals surface area contributed by atoms with Crippen LogP contribution in [0.4, 0.5) is 23.1 Å². The second-order valence-electron chi connectivity index (χ2n) is 5.18. The van der Waals surface area contributed by atoms with Crippen LogP contribution < -0.4 is 15.4 Å². The van der Waals surface area contributed by atoms with Crippen LogP contribution in [-0.2, 0) is 0 Å². The molecule has 2 aromatic carbocycles. The fraction of sp³-hybridized carbons (Fsp3) is 0.111. The number of aromatic nitrogens is 2. The highest BCUT2D eigenvalue weighted by Crippen LogP contribution is 2.26. The number of benzene rings is 2. The van der Waals surface area contributed by atoms with E-state index in [1.165, 1.54) is 0 Å². The number of hydrogen-bond acceptors (Lipinski definition) is 5. The summed E-state index contributed by atoms with van der Waals surface area (Å²) in [5, 5.41) is 6.46. The average molecular weight is 385 g/mol. The number of nitrogens with one attached hydrogen (secondary N) is 2. The van der Waals surface area contributed by atoms with E-state index < -0.39 is 0 Å². The highest BCUT2D eigenvalue weighted by Gasteiger charge is 2.05. The van der Waals surface area contributed by atoms with Crippen LogP contribution >= 0.6 is 15.9 Å². The van der Waals surface area contributed by atoms with Gasteiger partial charge in [-0.3, -0.25) is 0 Å². The molecule has 0 atom stereocenters. The molecule has 3 rings (SSSR count). The summed E-state index contributed by atoms with van der Waals surface area (Å²) in [5.41, 5.74) is 2.94. The molecular weight excluding hydrogens is 368 g/mol. The number of hydrogen-bond donors (Lipinski definition) is 2. The summed E-state index contributed by atoms with van der Waals surface area (Å²) in [6.45, 7) is 2.05. The largest absolute Gasteiger partial charge is 0.495 e. The molecule has 24 heavy (non-hydrogen) atoms. The van der Waals surface area contributed by atoms with Crippen molar-refractivity contribution in [3.63, 3.8) is 0 Å². The fourth-order valence-corrected chi connectivity index (χ4v) is 2.47. The zero-order chi connectivity index (χ0) is 16.9. The van der Waals surface area contributed by atoms with Gasteiger partial charge in [-0.05, 0) is 48.9 Å². The monoisotopic (exact) mass is 384 g/mol. The fourth-order valence-electron chi connectivity index (χ4n) is 2.23. The molecule has 3 aromatic rings. The minimum absolute atomic E-state index is 0.498. The Labute approximate surface area is 149 Å². The molecular formula is C18H17BrN4O. The van der Waals surface area contributed by atoms with Crippen LogP contribution in [0.5, 0.6) is 5.75 Å². The van der Waals surface area contributed by atoms with Gasteiger partial charge in [-0.15, -0.1) is 0 Å². The molecule has 0 fully saturated rings. The van der Waals surface area contributed by atoms with Crippen molar-refractivity contribution in [1.29, 1.82) is 0 Å². The lowest BCUT2D eigenvalue weighted by molar-refractivity contribution is 0.417. The van der Waals surface area contributed by atoms with E-state index in [1.807, 2.05) is 49.4 Å². The zero-order valence-corrected chi connectivity index (χ0v) is 15.0. The zero-order valence-electron chi connectivity index (χ0n) is 13.4. The first-order valence-corrected chi connectivity index (χ1v) is 8.21. The number of rotatable bonds is 5. The summed E-state index contributed by atoms with van der Waals surface area (Å²) in [6, 6.07) is 15.5. The Morgan fingerprint density at radius 1 is 1.04 bits per heavy atom. The Kier molecular flexibility index (Phi) is 4.96. The molecule has 0 unspecified atom stereocenters. The lowest BCUT2D eigenvalue weighted by Gasteiger charge is -2.11. The molecule has 0 saturated heterocycles. The second-order valence-corrected chi connectivity index (χ2v) is 6.03. The van der Waals surface area contributed by atoms with Crippen LogP contribution in [-0.4, -0.2) is 17.1 Å². The summed E-state index contributed by atoms with van der Waals surface area (Å²) in [5.74, 6) is 1.95. The third-order valence-electron chi connectivity index (χ3n) is 3.44. The van der Waals surface area contributed by atoms with Gasteiger partial charge >= 0.3 is 0 Å². The molecule has 1 aromatic heterocycles. The molecule has 2 N–H and O–H groups in total. The van der Waals surface area contributed by atoms with Crippen molar-refractivity contribution >= 4 is 39.1 Å². The number of ether oxygens (including phenoxy) is 1. The van der Waals surface area contributed by atoms with Crippen molar-refractivity contribution in [2.75, 3.05) is 17.7 Å². The van der Waals surface area contributed by atoms with Gasteiger partial charge < -0.3 is 15.4 Å². The van der Waals surface area contributed by atoms with Crippen molar-refractivity contribution in [1.82, 2.24) is 9.97 Å². The minimum atomic E-state index is 0.498. The normalized spacial score (nSPS) is 10.3. The van der Waals surface area contributed by atoms with E-state index in [4.69, 9.17) is 4.74 Å². The standard InChI is InChI=1S/C18H17BrN4O/c1-12-11-13(7-8-14(12)19)21-17-9-10-20-18(23-17)22-15-5-3-4-6-16(15)24-2/h3-11H,1-2H3,(H2,20,21,22,23). The van der Waals surface area contributed by atoms with E-state index in [0.29, 0.717) is 11.8 Å². The van der Waals surface area contributed by atoms with Gasteiger partial charge in [-0.25, -0.2) is 4.98 Å². The van der Waals surface area contributed by atoms with Gasteiger partial charge in [0.25, 0.3) is 0 Å². The van der Waals surface area contributed by atoms with Gasteiger partial charge in [-0.2, -0.15) is 4.98 Å². The minimum Gasteiger partial charge on any atom is -0.495 e. The number of aryl methyl sites for hydroxylation is 1. The molecule has 0 aliphatic rings. The van der Waals surface area contributed by atoms with Gasteiger partial charge in [-0.1, -0.05) is 28.1 Å². The van der Waals surface area contributed by atoms with Gasteiger partial charge in [0.05, 0.1) is 12.8 Å². The molecule has 0 amide bonds. The van der Waals surface area contributed by atoms with Crippen molar-refractivity contribution in [3.05, 3.63) is 64.8 Å². The third-order valence-corrected chi connectivity index (χ3v) is 4.33. The molecule has 5 nitrogen and oxygen atoms in total. The van der Waals surface area contributed by atoms with Crippen LogP contribution in [0.1, 0.15) is 5.56 Å². The number of methoxy groups -OCH3 is 1. The summed E-state index contributed by atoms with van der Waals surface area (Å²) in [6.07, 6.45) is 1.71. The van der Waals surface area contributed by atoms with E-state index in [2.05, 4.69) is 42.6 Å². The number of para-hydroxylation sites is 2. The SMILES string of the molecule is COc1ccccc1Nc1nccc(Nc2ccc(Br)c(C)c2)n1. The molecule has 0 aliphatic heterocycles. The van der Waals surface area contributed by atoms with Crippen molar-refractivity contribution < 1.29 is 4.74 Å². The molecule has 1 heterocycles. The maximum Gasteiger partial charge on any atom is 0.229 e. The van der Waals surface area contributed by atoms with Crippen LogP contribution in [0.25, 0.3) is 0 Å². The van der Waals surface area contributed by atoms with E-state index >= 15 is 0 Å². The van der Waals surface area contributed by atoms with E-state index in [9.17, 15) is 0 Å². The summed E-state index contributed by atoms with van der Waals surface area (Å²) in [4.78, 5) is 8.75. The van der Waals surface area contributed by atoms with Crippen molar-refractivity contribution in [2.45, 2.75) is 6.92 Å². The molecule has 0 saturated carbocycles. The van der Waals surface area contributed by atoms with E-state index in [-0.39, 0.29) is 0 Å². The lowest BCUT2D eigenvalue weighted by Crippen LogP contribution is -2.01. The van der Waals surface area contributed by atoms with Crippen LogP contribution in [0, 0.1) is 6.92 Å². The Hall–Kier alpha value is -2.60. The number of halogens is 1. The maximum absolute atomic E-state index is 5.33. The van der Waals surface area contributed by atoms with Crippen molar-refractivity contribution in [3.8, 4) is 5.75 Å². The lowest BCUT2D eigenvalue weighted by atomic mass is 10.2. The summed E-state index contributed by atoms with van der Waals surface area (Å²) in [7, 11) is 1.63. The number of nitrogens with zero attached hydrogens (tertiary/aromatic N) is 2. The van der Waals surface area contributed by atoms with Gasteiger partial charge in [0.1, 0.15) is 11.6 Å². The smallest absolute Gasteiger partial charge is 0.229 e. The highest BCUT2D eigenvalue weighted by molar-refractivity contribution is 9.10. The van der Waals surface area contributed by atoms with Gasteiger partial charge in [0.15, 0.2) is 0 Å². The molecule has 0 bridgehead atoms. The Balaban J connectivity index is 1.80. The van der Waals surface area contributed by atoms with Crippen LogP contribution in [0.2, 0.25) is 0 Å². The first-order valence-electron chi connectivity index (χ1n) is 7.42. The van der Waals surface area contributed by atoms with E-state index in [1.54, 1.807) is 13.3 Å². The van der Waals surface area contributed by atoms with Gasteiger partial charge in [0, 0.05) is 16.4 Å². The predicted molar refractivity (Wildman–Crippen MR) is 100 cm³/mol. The highest BCUT2D eigenvalue weighted by atomic mass is 79.9. The first kappa shape index (κ1) is 16.3. The predicted octanol–water partition coefficient (Wildman–Crippen LogP) is 5.04. The molecule has 122 valence electrons. The summed E-state index contributed by atoms with van der Waals surface area (Å²) < 4.78 is 6.41. The van der Waals surface area contributed by atoms with Gasteiger partial charge in [0.2, 0.25) is 5.95 Å². The quantitative estimate of drug-likeness (QED) is 0.644. The Bertz CT molecular complexity index is 854. The van der Waals surface area contributed by atoms with Crippen molar-refractivity contribution in [2.24, 2.45) is 0 Å². The van der Waals surface area contributed by atoms with E-state index in [0.717, 1.165) is 27.2 Å². The third kappa shape index (κ3) is 3.83. The molecule has 0 aliphatic carbocycles. The molecule has 0 radical (unpaired) electrons. The Morgan fingerprint density at radius 2 is 1.88 bits per heavy atom. The topological polar surface area (TPSA) is 59.1 Å². The molecule has 6 heteroatoms. The van der Waals surface area contributed by atoms with Crippen LogP contribution in [0.3, 0.4) is 0 Å². The average Bonchev–Trinajstić information content (AvgIpc) is 2.59. The first-order chi connectivity index (χ1) is 11.7.